The van der Waals surface area contributed by atoms with Crippen molar-refractivity contribution in [3.8, 4) is 0 Å². The average Bonchev–Trinajstić information content (AvgIpc) is 2.70. The molecule has 3 aromatic rings. The largest absolute Gasteiger partial charge is 0.382 e. The van der Waals surface area contributed by atoms with Gasteiger partial charge >= 0.3 is 0 Å². The summed E-state index contributed by atoms with van der Waals surface area (Å²) in [4.78, 5) is 24.5. The number of nitrogens with zero attached hydrogens (tertiary/aromatic N) is 3. The van der Waals surface area contributed by atoms with Gasteiger partial charge in [0.25, 0.3) is 5.91 Å². The third-order valence-corrected chi connectivity index (χ3v) is 3.85. The van der Waals surface area contributed by atoms with Gasteiger partial charge in [-0.1, -0.05) is 0 Å². The third-order valence-electron chi connectivity index (χ3n) is 3.85. The van der Waals surface area contributed by atoms with Crippen LogP contribution >= 0.6 is 0 Å². The van der Waals surface area contributed by atoms with Crippen molar-refractivity contribution in [1.82, 2.24) is 15.0 Å². The predicted octanol–water partition coefficient (Wildman–Crippen LogP) is 2.89. The van der Waals surface area contributed by atoms with Crippen molar-refractivity contribution in [1.29, 1.82) is 0 Å². The number of amides is 1. The van der Waals surface area contributed by atoms with E-state index in [4.69, 9.17) is 5.73 Å². The maximum absolute atomic E-state index is 14.1. The number of aromatic nitrogens is 3. The molecular formula is C19H20FN7O. The molecule has 0 unspecified atom stereocenters. The fourth-order valence-electron chi connectivity index (χ4n) is 2.46. The fourth-order valence-corrected chi connectivity index (χ4v) is 2.46. The molecule has 5 N–H and O–H groups in total. The Balaban J connectivity index is 1.68. The summed E-state index contributed by atoms with van der Waals surface area (Å²) < 4.78 is 14.1. The zero-order chi connectivity index (χ0) is 19.9. The minimum absolute atomic E-state index is 0.161. The molecule has 0 fully saturated rings. The van der Waals surface area contributed by atoms with E-state index in [-0.39, 0.29) is 12.2 Å². The first-order valence-corrected chi connectivity index (χ1v) is 8.67. The van der Waals surface area contributed by atoms with E-state index in [9.17, 15) is 9.18 Å². The Bertz CT molecular complexity index is 963. The zero-order valence-electron chi connectivity index (χ0n) is 15.2. The van der Waals surface area contributed by atoms with Gasteiger partial charge in [-0.2, -0.15) is 0 Å². The molecule has 9 heteroatoms. The van der Waals surface area contributed by atoms with E-state index in [2.05, 4.69) is 30.9 Å². The topological polar surface area (TPSA) is 118 Å². The Morgan fingerprint density at radius 2 is 2.00 bits per heavy atom. The molecule has 3 rings (SSSR count). The molecule has 2 aromatic heterocycles. The van der Waals surface area contributed by atoms with Gasteiger partial charge in [-0.25, -0.2) is 19.3 Å². The van der Waals surface area contributed by atoms with Crippen molar-refractivity contribution in [3.63, 3.8) is 0 Å². The van der Waals surface area contributed by atoms with Gasteiger partial charge in [0, 0.05) is 30.5 Å². The van der Waals surface area contributed by atoms with Crippen LogP contribution in [-0.2, 0) is 6.54 Å². The highest BCUT2D eigenvalue weighted by Crippen LogP contribution is 2.19. The van der Waals surface area contributed by atoms with E-state index in [1.807, 2.05) is 6.92 Å². The monoisotopic (exact) mass is 381 g/mol. The van der Waals surface area contributed by atoms with Crippen LogP contribution in [0.5, 0.6) is 0 Å². The number of benzene rings is 1. The van der Waals surface area contributed by atoms with Crippen molar-refractivity contribution in [2.24, 2.45) is 0 Å². The van der Waals surface area contributed by atoms with Gasteiger partial charge in [0.15, 0.2) is 0 Å². The van der Waals surface area contributed by atoms with Crippen molar-refractivity contribution in [2.75, 3.05) is 28.2 Å². The van der Waals surface area contributed by atoms with Gasteiger partial charge in [0.2, 0.25) is 0 Å². The SMILES string of the molecule is CCNc1cnc(C(=O)Nc2ccc(F)c(CNc3cccnc3N)c2)cn1. The van der Waals surface area contributed by atoms with E-state index < -0.39 is 11.7 Å². The quantitative estimate of drug-likeness (QED) is 0.497. The van der Waals surface area contributed by atoms with E-state index in [1.165, 1.54) is 24.5 Å². The number of nitrogens with one attached hydrogen (secondary N) is 3. The molecule has 144 valence electrons. The number of anilines is 4. The van der Waals surface area contributed by atoms with Gasteiger partial charge in [-0.05, 0) is 37.3 Å². The Kier molecular flexibility index (Phi) is 5.95. The van der Waals surface area contributed by atoms with Crippen LogP contribution < -0.4 is 21.7 Å². The number of nitrogens with two attached hydrogens (primary N) is 1. The molecule has 8 nitrogen and oxygen atoms in total. The molecule has 1 amide bonds. The number of halogens is 1. The van der Waals surface area contributed by atoms with E-state index >= 15 is 0 Å². The van der Waals surface area contributed by atoms with Crippen LogP contribution in [0.15, 0.2) is 48.9 Å². The smallest absolute Gasteiger partial charge is 0.275 e. The fraction of sp³-hybridized carbons (Fsp3) is 0.158. The Morgan fingerprint density at radius 1 is 1.14 bits per heavy atom. The van der Waals surface area contributed by atoms with Crippen molar-refractivity contribution in [3.05, 3.63) is 66.0 Å². The highest BCUT2D eigenvalue weighted by Gasteiger charge is 2.11. The van der Waals surface area contributed by atoms with Crippen molar-refractivity contribution in [2.45, 2.75) is 13.5 Å². The molecule has 0 saturated heterocycles. The molecule has 0 saturated carbocycles. The van der Waals surface area contributed by atoms with E-state index in [0.717, 1.165) is 0 Å². The summed E-state index contributed by atoms with van der Waals surface area (Å²) in [7, 11) is 0. The molecule has 1 aromatic carbocycles. The first-order valence-electron chi connectivity index (χ1n) is 8.67. The summed E-state index contributed by atoms with van der Waals surface area (Å²) in [6.07, 6.45) is 4.44. The first kappa shape index (κ1) is 19.0. The number of hydrogen-bond acceptors (Lipinski definition) is 7. The summed E-state index contributed by atoms with van der Waals surface area (Å²) in [6.45, 7) is 2.83. The lowest BCUT2D eigenvalue weighted by Gasteiger charge is -2.11. The van der Waals surface area contributed by atoms with Crippen LogP contribution in [-0.4, -0.2) is 27.4 Å². The van der Waals surface area contributed by atoms with Crippen LogP contribution in [0.25, 0.3) is 0 Å². The first-order chi connectivity index (χ1) is 13.6. The second-order valence-electron chi connectivity index (χ2n) is 5.87. The summed E-state index contributed by atoms with van der Waals surface area (Å²) in [6, 6.07) is 7.80. The Hall–Kier alpha value is -3.75. The second kappa shape index (κ2) is 8.76. The predicted molar refractivity (Wildman–Crippen MR) is 107 cm³/mol. The summed E-state index contributed by atoms with van der Waals surface area (Å²) in [5.74, 6) is 0.0798. The van der Waals surface area contributed by atoms with Gasteiger partial charge in [-0.3, -0.25) is 4.79 Å². The molecule has 0 spiro atoms. The molecule has 0 atom stereocenters. The number of nitrogen functional groups attached to an aromatic ring is 1. The Labute approximate surface area is 161 Å². The molecular weight excluding hydrogens is 361 g/mol. The average molecular weight is 381 g/mol. The molecule has 0 aliphatic carbocycles. The van der Waals surface area contributed by atoms with Crippen LogP contribution in [0.2, 0.25) is 0 Å². The number of carbonyl (C=O) groups is 1. The van der Waals surface area contributed by atoms with Gasteiger partial charge in [-0.15, -0.1) is 0 Å². The van der Waals surface area contributed by atoms with Crippen molar-refractivity contribution < 1.29 is 9.18 Å². The number of hydrogen-bond donors (Lipinski definition) is 4. The lowest BCUT2D eigenvalue weighted by molar-refractivity contribution is 0.102. The molecule has 0 aliphatic heterocycles. The molecule has 0 bridgehead atoms. The number of rotatable bonds is 7. The number of pyridine rings is 1. The third kappa shape index (κ3) is 4.70. The van der Waals surface area contributed by atoms with E-state index in [1.54, 1.807) is 24.4 Å². The molecule has 0 radical (unpaired) electrons. The van der Waals surface area contributed by atoms with Gasteiger partial charge in [0.05, 0.1) is 18.1 Å². The standard InChI is InChI=1S/C19H20FN7O/c1-2-22-17-11-25-16(10-26-17)19(28)27-13-5-6-14(20)12(8-13)9-24-15-4-3-7-23-18(15)21/h3-8,10-11,24H,2,9H2,1H3,(H2,21,23)(H,22,26)(H,27,28). The minimum Gasteiger partial charge on any atom is -0.382 e. The summed E-state index contributed by atoms with van der Waals surface area (Å²) >= 11 is 0. The lowest BCUT2D eigenvalue weighted by Crippen LogP contribution is -2.15. The summed E-state index contributed by atoms with van der Waals surface area (Å²) in [5, 5.41) is 8.73. The molecule has 0 aliphatic rings. The lowest BCUT2D eigenvalue weighted by atomic mass is 10.1. The maximum Gasteiger partial charge on any atom is 0.275 e. The highest BCUT2D eigenvalue weighted by atomic mass is 19.1. The zero-order valence-corrected chi connectivity index (χ0v) is 15.2. The number of carbonyl (C=O) groups excluding carboxylic acids is 1. The van der Waals surface area contributed by atoms with Crippen LogP contribution in [0.1, 0.15) is 23.0 Å². The second-order valence-corrected chi connectivity index (χ2v) is 5.87. The van der Waals surface area contributed by atoms with Crippen LogP contribution in [0.4, 0.5) is 27.4 Å². The molecule has 28 heavy (non-hydrogen) atoms. The Morgan fingerprint density at radius 3 is 2.71 bits per heavy atom. The minimum atomic E-state index is -0.433. The highest BCUT2D eigenvalue weighted by molar-refractivity contribution is 6.02. The summed E-state index contributed by atoms with van der Waals surface area (Å²) in [5.41, 5.74) is 7.35. The van der Waals surface area contributed by atoms with Gasteiger partial charge < -0.3 is 21.7 Å². The van der Waals surface area contributed by atoms with Gasteiger partial charge in [0.1, 0.15) is 23.1 Å². The van der Waals surface area contributed by atoms with Crippen LogP contribution in [0, 0.1) is 5.82 Å². The van der Waals surface area contributed by atoms with E-state index in [0.29, 0.717) is 35.1 Å². The van der Waals surface area contributed by atoms with Crippen molar-refractivity contribution >= 4 is 28.9 Å². The maximum atomic E-state index is 14.1. The van der Waals surface area contributed by atoms with Crippen LogP contribution in [0.3, 0.4) is 0 Å². The molecule has 2 heterocycles. The normalized spacial score (nSPS) is 10.4.